The van der Waals surface area contributed by atoms with Crippen LogP contribution in [0.25, 0.3) is 76.8 Å². The molecule has 4 atom stereocenters. The highest BCUT2D eigenvalue weighted by atomic mass is 16.5. The molecule has 42 heteroatoms. The Labute approximate surface area is 724 Å². The maximum atomic E-state index is 13.1. The van der Waals surface area contributed by atoms with Gasteiger partial charge in [0.05, 0.1) is 16.2 Å². The van der Waals surface area contributed by atoms with E-state index in [1.54, 1.807) is 83.2 Å². The number of carboxylic acid groups (broad SMARTS) is 2. The number of nitrogens with zero attached hydrogens (tertiary/aromatic N) is 15. The molecular weight excluding hydrogens is 1680 g/mol. The van der Waals surface area contributed by atoms with E-state index >= 15 is 0 Å². The Hall–Kier alpha value is -17.1. The van der Waals surface area contributed by atoms with E-state index in [4.69, 9.17) is 74.3 Å². The van der Waals surface area contributed by atoms with Crippen molar-refractivity contribution >= 4 is 89.3 Å². The monoisotopic (exact) mass is 1760 g/mol. The summed E-state index contributed by atoms with van der Waals surface area (Å²) < 4.78 is 85.2. The Balaban J connectivity index is 0.000000137. The van der Waals surface area contributed by atoms with Crippen molar-refractivity contribution in [2.75, 3.05) is 6.54 Å². The summed E-state index contributed by atoms with van der Waals surface area (Å²) in [4.78, 5) is 71.2. The predicted octanol–water partition coefficient (Wildman–Crippen LogP) is 15.2. The van der Waals surface area contributed by atoms with Crippen molar-refractivity contribution < 1.29 is 93.4 Å². The largest absolute Gasteiger partial charge is 0.485 e. The molecular formula is C87H77N19O23. The second kappa shape index (κ2) is 37.9. The molecule has 6 N–H and O–H groups in total. The van der Waals surface area contributed by atoms with Crippen LogP contribution >= 0.6 is 0 Å². The molecule has 0 spiro atoms. The number of rotatable bonds is 28. The molecule has 12 heterocycles. The summed E-state index contributed by atoms with van der Waals surface area (Å²) in [5, 5.41) is 89.9. The van der Waals surface area contributed by atoms with Crippen molar-refractivity contribution in [1.29, 1.82) is 0 Å². The number of benzene rings is 6. The number of allylic oxidation sites excluding steroid dienone is 2. The number of carbonyl (C=O) groups is 3. The number of ether oxygens (including phenoxy) is 8. The molecule has 129 heavy (non-hydrogen) atoms. The number of tetrazole rings is 4. The number of H-pyrrole nitrogens is 4. The highest BCUT2D eigenvalue weighted by molar-refractivity contribution is 6.09. The van der Waals surface area contributed by atoms with Gasteiger partial charge >= 0.3 is 28.8 Å². The van der Waals surface area contributed by atoms with Gasteiger partial charge in [0.25, 0.3) is 6.47 Å². The van der Waals surface area contributed by atoms with E-state index in [1.165, 1.54) is 30.5 Å². The zero-order valence-electron chi connectivity index (χ0n) is 70.6. The summed E-state index contributed by atoms with van der Waals surface area (Å²) in [7, 11) is 0. The zero-order valence-corrected chi connectivity index (χ0v) is 70.6. The van der Waals surface area contributed by atoms with Crippen LogP contribution in [0.3, 0.4) is 0 Å². The minimum atomic E-state index is -1.17. The van der Waals surface area contributed by atoms with Crippen molar-refractivity contribution in [3.63, 3.8) is 0 Å². The fraction of sp³-hybridized carbons (Fsp3) is 0.230. The van der Waals surface area contributed by atoms with Crippen LogP contribution in [-0.4, -0.2) is 123 Å². The molecule has 0 radical (unpaired) electrons. The van der Waals surface area contributed by atoms with Crippen LogP contribution in [0.4, 0.5) is 0 Å². The van der Waals surface area contributed by atoms with E-state index in [0.29, 0.717) is 183 Å². The number of furan rings is 4. The van der Waals surface area contributed by atoms with Gasteiger partial charge in [-0.05, 0) is 238 Å². The molecule has 42 nitrogen and oxygen atoms in total. The molecule has 17 aromatic rings. The minimum Gasteiger partial charge on any atom is -0.485 e. The molecule has 0 saturated heterocycles. The van der Waals surface area contributed by atoms with Crippen molar-refractivity contribution in [3.8, 4) is 46.1 Å². The lowest BCUT2D eigenvalue weighted by molar-refractivity contribution is -0.123. The second-order valence-corrected chi connectivity index (χ2v) is 29.0. The topological polar surface area (TPSA) is 564 Å². The van der Waals surface area contributed by atoms with Crippen LogP contribution < -0.4 is 45.3 Å². The van der Waals surface area contributed by atoms with Crippen LogP contribution in [0.5, 0.6) is 34.5 Å². The van der Waals surface area contributed by atoms with E-state index in [-0.39, 0.29) is 37.4 Å². The Kier molecular flexibility index (Phi) is 25.5. The number of carboxylic acids is 2. The first-order chi connectivity index (χ1) is 62.3. The van der Waals surface area contributed by atoms with Crippen LogP contribution in [0.2, 0.25) is 0 Å². The van der Waals surface area contributed by atoms with Crippen molar-refractivity contribution in [3.05, 3.63) is 267 Å². The van der Waals surface area contributed by atoms with Gasteiger partial charge in [-0.1, -0.05) is 15.6 Å². The van der Waals surface area contributed by atoms with E-state index in [9.17, 15) is 28.8 Å². The summed E-state index contributed by atoms with van der Waals surface area (Å²) >= 11 is 0. The third kappa shape index (κ3) is 19.2. The number of aromatic nitrogens is 16. The normalized spacial score (nSPS) is 12.9. The lowest BCUT2D eigenvalue weighted by atomic mass is 10.0. The molecule has 0 bridgehead atoms. The highest BCUT2D eigenvalue weighted by Gasteiger charge is 2.26. The fourth-order valence-corrected chi connectivity index (χ4v) is 13.7. The van der Waals surface area contributed by atoms with Crippen molar-refractivity contribution in [1.82, 2.24) is 82.5 Å². The Bertz CT molecular complexity index is 7340. The number of aromatic amines is 4. The van der Waals surface area contributed by atoms with Crippen LogP contribution in [0, 0.1) is 41.5 Å². The number of hydrogen-bond acceptors (Lipinski definition) is 36. The molecule has 6 aromatic carbocycles. The van der Waals surface area contributed by atoms with Crippen LogP contribution in [0.15, 0.2) is 206 Å². The molecule has 0 saturated carbocycles. The molecule has 658 valence electrons. The maximum Gasteiger partial charge on any atom is 0.371 e. The molecule has 0 aliphatic carbocycles. The van der Waals surface area contributed by atoms with E-state index in [0.717, 1.165) is 38.2 Å². The summed E-state index contributed by atoms with van der Waals surface area (Å²) in [6, 6.07) is 34.5. The zero-order chi connectivity index (χ0) is 90.8. The standard InChI is InChI=1S/C28H21N7O6.C28H22O10.C21H20N8O4.C10H14N4O3/c1-14-9-19-18-5-8-22(37-12-16-3-6-23(39-16)21-11-29-33-30-21)15(2)26(18)41-28(36)20(19)10-25(14)38-13-17-4-7-24(40-17)27-31-34-35-32-27;1-13-10-18-17-5-7-20(34-12-16-4-6-22(36-16)26(29)30)14(2)25(17)38-28(33)19(18)11-24(13)35-15(3)21-8-9-23(37-21)27(31)32;1-9-7-14-13-5-6-16(31-11(3)19-22-26-27-23-19)10(2)18(13)33-21(30)15(14)8-17(9)32-12(4)20-24-28-29-25-20;1-4-9(7(2)5-16-6-15)17-8(3)10-11-13-14-12-10/h3-10H,11-13H2,1-2H3,(H,31,32,34,35);4-11,15H,12H2,1-3H3,(H,29,30)(H,31,32);5-8,11-12H,1-4H3,(H,22,23,26,27)(H,24,25,28,29);4-6,8H,1-3H3,(H,11,12,13,14)/b;;;7-5+,9-4+. The molecule has 11 aromatic heterocycles. The summed E-state index contributed by atoms with van der Waals surface area (Å²) in [6.07, 6.45) is 1.24. The van der Waals surface area contributed by atoms with Gasteiger partial charge in [0, 0.05) is 54.6 Å². The van der Waals surface area contributed by atoms with Gasteiger partial charge in [-0.25, -0.2) is 24.0 Å². The first kappa shape index (κ1) is 86.8. The first-order valence-electron chi connectivity index (χ1n) is 39.5. The quantitative estimate of drug-likeness (QED) is 0.00872. The number of aromatic carboxylic acids is 2. The lowest BCUT2D eigenvalue weighted by Crippen LogP contribution is -2.08. The number of carbonyl (C=O) groups excluding carboxylic acids is 1. The van der Waals surface area contributed by atoms with Gasteiger partial charge < -0.3 is 79.0 Å². The summed E-state index contributed by atoms with van der Waals surface area (Å²) in [5.41, 5.74) is 5.61. The Morgan fingerprint density at radius 2 is 0.876 bits per heavy atom. The molecule has 18 rings (SSSR count). The number of fused-ring (bicyclic) bond motifs is 9. The van der Waals surface area contributed by atoms with Gasteiger partial charge in [-0.15, -0.1) is 45.9 Å². The van der Waals surface area contributed by atoms with E-state index in [1.807, 2.05) is 103 Å². The Morgan fingerprint density at radius 3 is 1.34 bits per heavy atom. The van der Waals surface area contributed by atoms with Crippen LogP contribution in [0.1, 0.15) is 167 Å². The lowest BCUT2D eigenvalue weighted by Gasteiger charge is -2.16. The third-order valence-electron chi connectivity index (χ3n) is 20.3. The van der Waals surface area contributed by atoms with Gasteiger partial charge in [0.1, 0.15) is 118 Å². The third-order valence-corrected chi connectivity index (χ3v) is 20.3. The number of aryl methyl sites for hydroxylation is 6. The van der Waals surface area contributed by atoms with Crippen LogP contribution in [-0.2, 0) is 34.1 Å². The minimum absolute atomic E-state index is 0.000934. The highest BCUT2D eigenvalue weighted by Crippen LogP contribution is 2.40. The second-order valence-electron chi connectivity index (χ2n) is 29.0. The number of hydrogen-bond donors (Lipinski definition) is 6. The molecule has 0 fully saturated rings. The molecule has 0 amide bonds. The van der Waals surface area contributed by atoms with E-state index in [2.05, 4.69) is 103 Å². The smallest absolute Gasteiger partial charge is 0.371 e. The van der Waals surface area contributed by atoms with Gasteiger partial charge in [0.15, 0.2) is 35.9 Å². The van der Waals surface area contributed by atoms with Gasteiger partial charge in [-0.3, -0.25) is 4.79 Å². The first-order valence-corrected chi connectivity index (χ1v) is 39.5. The van der Waals surface area contributed by atoms with Crippen molar-refractivity contribution in [2.45, 2.75) is 127 Å². The van der Waals surface area contributed by atoms with Gasteiger partial charge in [0.2, 0.25) is 34.8 Å². The maximum absolute atomic E-state index is 13.1. The number of nitrogens with one attached hydrogen (secondary N) is 4. The predicted molar refractivity (Wildman–Crippen MR) is 453 cm³/mol. The average molecular weight is 1760 g/mol. The average Bonchev–Trinajstić information content (AvgIpc) is 1.23. The Morgan fingerprint density at radius 1 is 0.450 bits per heavy atom. The van der Waals surface area contributed by atoms with E-state index < -0.39 is 47.1 Å². The summed E-state index contributed by atoms with van der Waals surface area (Å²) in [5.74, 6) is 5.58. The molecule has 1 aliphatic heterocycles. The SMILES string of the molecule is C/C=C(OC(C)c1nn[nH]n1)\C(C)=C\OC=O.Cc1cc2c(cc1OC(C)c1ccc(C(=O)O)o1)c(=O)oc1c(C)c(OCc3ccc(C(=O)O)o3)ccc12.Cc1cc2c(cc1OC(C)c1nn[nH]n1)c(=O)oc1c(C)c(OC(C)c3nn[nH]n3)ccc12.Cc1cc2c(cc1OCc1ccc(-c3nn[nH]n3)o1)c(=O)oc1c(C)c(OCc3ccc(C4=NN=NC4)o3)ccc12. The fourth-order valence-electron chi connectivity index (χ4n) is 13.7. The van der Waals surface area contributed by atoms with Gasteiger partial charge in [-0.2, -0.15) is 26.0 Å². The summed E-state index contributed by atoms with van der Waals surface area (Å²) in [6.45, 7) is 22.9. The van der Waals surface area contributed by atoms with Crippen molar-refractivity contribution in [2.24, 2.45) is 15.4 Å². The molecule has 1 aliphatic rings. The molecule has 4 unspecified atom stereocenters.